The fraction of sp³-hybridized carbons (Fsp3) is 0.308. The first kappa shape index (κ1) is 16.0. The zero-order valence-electron chi connectivity index (χ0n) is 12.4. The maximum Gasteiger partial charge on any atom is 0.269 e. The number of nitro benzene ring substituents is 1. The van der Waals surface area contributed by atoms with E-state index in [0.717, 1.165) is 12.1 Å². The molecule has 1 heterocycles. The second kappa shape index (κ2) is 5.76. The normalized spacial score (nSPS) is 11.4. The molecule has 118 valence electrons. The minimum absolute atomic E-state index is 0.0406. The van der Waals surface area contributed by atoms with Gasteiger partial charge in [-0.2, -0.15) is 5.10 Å². The summed E-state index contributed by atoms with van der Waals surface area (Å²) in [4.78, 5) is 9.99. The molecule has 0 saturated heterocycles. The minimum Gasteiger partial charge on any atom is -0.276 e. The third-order valence-electron chi connectivity index (χ3n) is 3.28. The van der Waals surface area contributed by atoms with Crippen LogP contribution >= 0.6 is 0 Å². The Morgan fingerprint density at radius 1 is 1.27 bits per heavy atom. The Morgan fingerprint density at radius 3 is 2.32 bits per heavy atom. The highest BCUT2D eigenvalue weighted by Gasteiger charge is 2.20. The maximum atomic E-state index is 12.4. The smallest absolute Gasteiger partial charge is 0.269 e. The van der Waals surface area contributed by atoms with Crippen molar-refractivity contribution in [1.82, 2.24) is 9.78 Å². The third kappa shape index (κ3) is 2.93. The molecule has 0 radical (unpaired) electrons. The molecule has 0 aliphatic heterocycles. The molecule has 8 nitrogen and oxygen atoms in total. The van der Waals surface area contributed by atoms with E-state index in [-0.39, 0.29) is 10.6 Å². The third-order valence-corrected chi connectivity index (χ3v) is 4.64. The largest absolute Gasteiger partial charge is 0.276 e. The van der Waals surface area contributed by atoms with Crippen molar-refractivity contribution in [2.75, 3.05) is 4.72 Å². The van der Waals surface area contributed by atoms with Crippen LogP contribution < -0.4 is 4.72 Å². The van der Waals surface area contributed by atoms with E-state index in [1.54, 1.807) is 18.5 Å². The number of benzene rings is 1. The van der Waals surface area contributed by atoms with E-state index in [2.05, 4.69) is 9.82 Å². The van der Waals surface area contributed by atoms with Crippen molar-refractivity contribution >= 4 is 21.4 Å². The van der Waals surface area contributed by atoms with E-state index >= 15 is 0 Å². The summed E-state index contributed by atoms with van der Waals surface area (Å²) in [5, 5.41) is 14.9. The van der Waals surface area contributed by atoms with Crippen molar-refractivity contribution in [3.8, 4) is 0 Å². The van der Waals surface area contributed by atoms with E-state index in [9.17, 15) is 18.5 Å². The van der Waals surface area contributed by atoms with Crippen LogP contribution in [0.25, 0.3) is 0 Å². The Morgan fingerprint density at radius 2 is 1.86 bits per heavy atom. The van der Waals surface area contributed by atoms with Crippen LogP contribution in [-0.2, 0) is 16.6 Å². The lowest BCUT2D eigenvalue weighted by Gasteiger charge is -2.08. The second-order valence-corrected chi connectivity index (χ2v) is 6.40. The summed E-state index contributed by atoms with van der Waals surface area (Å²) in [5.74, 6) is 0. The number of sulfonamides is 1. The van der Waals surface area contributed by atoms with E-state index < -0.39 is 14.9 Å². The van der Waals surface area contributed by atoms with Crippen LogP contribution in [0, 0.1) is 24.0 Å². The molecule has 1 aromatic heterocycles. The maximum absolute atomic E-state index is 12.4. The highest BCUT2D eigenvalue weighted by Crippen LogP contribution is 2.24. The van der Waals surface area contributed by atoms with Gasteiger partial charge < -0.3 is 0 Å². The van der Waals surface area contributed by atoms with Gasteiger partial charge in [-0.15, -0.1) is 0 Å². The van der Waals surface area contributed by atoms with E-state index in [1.807, 2.05) is 6.92 Å². The van der Waals surface area contributed by atoms with Gasteiger partial charge in [0.25, 0.3) is 15.7 Å². The quantitative estimate of drug-likeness (QED) is 0.670. The van der Waals surface area contributed by atoms with Crippen LogP contribution in [0.3, 0.4) is 0 Å². The first-order valence-electron chi connectivity index (χ1n) is 6.57. The number of aryl methyl sites for hydroxylation is 2. The van der Waals surface area contributed by atoms with E-state index in [0.29, 0.717) is 23.6 Å². The van der Waals surface area contributed by atoms with Crippen molar-refractivity contribution in [3.63, 3.8) is 0 Å². The monoisotopic (exact) mass is 324 g/mol. The molecular weight excluding hydrogens is 308 g/mol. The number of hydrogen-bond acceptors (Lipinski definition) is 5. The van der Waals surface area contributed by atoms with Gasteiger partial charge in [0.05, 0.1) is 26.9 Å². The summed E-state index contributed by atoms with van der Waals surface area (Å²) in [6, 6.07) is 4.72. The second-order valence-electron chi connectivity index (χ2n) is 4.72. The zero-order valence-corrected chi connectivity index (χ0v) is 13.2. The standard InChI is InChI=1S/C13H16N4O4S/c1-4-16-10(3)13(9(2)14-16)15-22(20,21)12-7-5-11(6-8-12)17(18)19/h5-8,15H,4H2,1-3H3. The number of aromatic nitrogens is 2. The first-order valence-corrected chi connectivity index (χ1v) is 8.06. The lowest BCUT2D eigenvalue weighted by Crippen LogP contribution is -2.14. The number of nitro groups is 1. The molecule has 2 rings (SSSR count). The number of rotatable bonds is 5. The van der Waals surface area contributed by atoms with Gasteiger partial charge in [0.15, 0.2) is 0 Å². The molecule has 22 heavy (non-hydrogen) atoms. The summed E-state index contributed by atoms with van der Waals surface area (Å²) >= 11 is 0. The molecule has 0 fully saturated rings. The lowest BCUT2D eigenvalue weighted by molar-refractivity contribution is -0.384. The average Bonchev–Trinajstić information content (AvgIpc) is 2.74. The molecule has 0 unspecified atom stereocenters. The Hall–Kier alpha value is -2.42. The Kier molecular flexibility index (Phi) is 4.18. The van der Waals surface area contributed by atoms with Crippen LogP contribution in [0.4, 0.5) is 11.4 Å². The average molecular weight is 324 g/mol. The number of anilines is 1. The molecule has 0 aliphatic carbocycles. The summed E-state index contributed by atoms with van der Waals surface area (Å²) in [6.07, 6.45) is 0. The van der Waals surface area contributed by atoms with Crippen molar-refractivity contribution in [2.45, 2.75) is 32.2 Å². The van der Waals surface area contributed by atoms with Gasteiger partial charge in [0, 0.05) is 18.7 Å². The molecule has 9 heteroatoms. The Bertz CT molecular complexity index is 809. The molecule has 0 atom stereocenters. The van der Waals surface area contributed by atoms with Crippen LogP contribution in [0.2, 0.25) is 0 Å². The van der Waals surface area contributed by atoms with E-state index in [4.69, 9.17) is 0 Å². The van der Waals surface area contributed by atoms with Crippen LogP contribution in [0.5, 0.6) is 0 Å². The number of hydrogen-bond donors (Lipinski definition) is 1. The lowest BCUT2D eigenvalue weighted by atomic mass is 10.3. The molecule has 0 saturated carbocycles. The number of nitrogens with zero attached hydrogens (tertiary/aromatic N) is 3. The van der Waals surface area contributed by atoms with Crippen LogP contribution in [0.1, 0.15) is 18.3 Å². The predicted octanol–water partition coefficient (Wildman–Crippen LogP) is 2.23. The van der Waals surface area contributed by atoms with Gasteiger partial charge in [-0.3, -0.25) is 19.5 Å². The topological polar surface area (TPSA) is 107 Å². The zero-order chi connectivity index (χ0) is 16.5. The van der Waals surface area contributed by atoms with Crippen molar-refractivity contribution in [1.29, 1.82) is 0 Å². The molecule has 2 aromatic rings. The first-order chi connectivity index (χ1) is 10.3. The highest BCUT2D eigenvalue weighted by atomic mass is 32.2. The summed E-state index contributed by atoms with van der Waals surface area (Å²) in [6.45, 7) is 6.03. The number of non-ortho nitro benzene ring substituents is 1. The Balaban J connectivity index is 2.36. The molecular formula is C13H16N4O4S. The van der Waals surface area contributed by atoms with E-state index in [1.165, 1.54) is 12.1 Å². The van der Waals surface area contributed by atoms with Gasteiger partial charge in [-0.05, 0) is 32.9 Å². The van der Waals surface area contributed by atoms with Gasteiger partial charge in [-0.1, -0.05) is 0 Å². The molecule has 0 aliphatic rings. The fourth-order valence-electron chi connectivity index (χ4n) is 2.09. The fourth-order valence-corrected chi connectivity index (χ4v) is 3.27. The van der Waals surface area contributed by atoms with Crippen LogP contribution in [-0.4, -0.2) is 23.1 Å². The van der Waals surface area contributed by atoms with Crippen molar-refractivity contribution in [3.05, 3.63) is 45.8 Å². The van der Waals surface area contributed by atoms with Gasteiger partial charge in [0.1, 0.15) is 0 Å². The van der Waals surface area contributed by atoms with Crippen molar-refractivity contribution in [2.24, 2.45) is 0 Å². The molecule has 0 bridgehead atoms. The molecule has 1 aromatic carbocycles. The summed E-state index contributed by atoms with van der Waals surface area (Å²) < 4.78 is 28.9. The summed E-state index contributed by atoms with van der Waals surface area (Å²) in [5.41, 5.74) is 1.56. The van der Waals surface area contributed by atoms with Gasteiger partial charge in [0.2, 0.25) is 0 Å². The highest BCUT2D eigenvalue weighted by molar-refractivity contribution is 7.92. The predicted molar refractivity (Wildman–Crippen MR) is 81.3 cm³/mol. The minimum atomic E-state index is -3.82. The molecule has 1 N–H and O–H groups in total. The Labute approximate surface area is 128 Å². The van der Waals surface area contributed by atoms with Gasteiger partial charge >= 0.3 is 0 Å². The SMILES string of the molecule is CCn1nc(C)c(NS(=O)(=O)c2ccc([N+](=O)[O-])cc2)c1C. The van der Waals surface area contributed by atoms with Crippen LogP contribution in [0.15, 0.2) is 29.2 Å². The van der Waals surface area contributed by atoms with Crippen molar-refractivity contribution < 1.29 is 13.3 Å². The van der Waals surface area contributed by atoms with Gasteiger partial charge in [-0.25, -0.2) is 8.42 Å². The number of nitrogens with one attached hydrogen (secondary N) is 1. The molecule has 0 amide bonds. The summed E-state index contributed by atoms with van der Waals surface area (Å²) in [7, 11) is -3.82. The molecule has 0 spiro atoms.